The summed E-state index contributed by atoms with van der Waals surface area (Å²) in [6.07, 6.45) is 4.66. The van der Waals surface area contributed by atoms with Gasteiger partial charge < -0.3 is 19.9 Å². The number of nitrogens with one attached hydrogen (secondary N) is 1. The maximum Gasteiger partial charge on any atom is 0.407 e. The normalized spacial score (nSPS) is 16.5. The lowest BCUT2D eigenvalue weighted by Crippen LogP contribution is -2.40. The number of ether oxygens (including phenoxy) is 2. The lowest BCUT2D eigenvalue weighted by molar-refractivity contribution is -0.147. The third kappa shape index (κ3) is 7.66. The van der Waals surface area contributed by atoms with E-state index in [1.165, 1.54) is 0 Å². The number of hydrogen-bond acceptors (Lipinski definition) is 5. The summed E-state index contributed by atoms with van der Waals surface area (Å²) in [4.78, 5) is 34.1. The monoisotopic (exact) mass is 343 g/mol. The van der Waals surface area contributed by atoms with Gasteiger partial charge in [-0.15, -0.1) is 0 Å². The number of esters is 1. The summed E-state index contributed by atoms with van der Waals surface area (Å²) in [5, 5.41) is 11.8. The van der Waals surface area contributed by atoms with Gasteiger partial charge in [0.25, 0.3) is 0 Å². The first-order valence-electron chi connectivity index (χ1n) is 8.64. The third-order valence-corrected chi connectivity index (χ3v) is 4.29. The van der Waals surface area contributed by atoms with Crippen molar-refractivity contribution in [3.63, 3.8) is 0 Å². The Morgan fingerprint density at radius 3 is 2.29 bits per heavy atom. The second-order valence-electron chi connectivity index (χ2n) is 6.80. The van der Waals surface area contributed by atoms with Crippen LogP contribution in [0.2, 0.25) is 0 Å². The minimum Gasteiger partial charge on any atom is -0.481 e. The predicted molar refractivity (Wildman–Crippen MR) is 87.5 cm³/mol. The number of aliphatic carboxylic acids is 1. The molecule has 1 fully saturated rings. The fourth-order valence-corrected chi connectivity index (χ4v) is 2.91. The molecular weight excluding hydrogens is 314 g/mol. The molecule has 0 heterocycles. The van der Waals surface area contributed by atoms with Crippen LogP contribution in [-0.4, -0.2) is 42.9 Å². The van der Waals surface area contributed by atoms with E-state index in [1.807, 2.05) is 0 Å². The molecular formula is C17H29NO6. The van der Waals surface area contributed by atoms with Crippen LogP contribution < -0.4 is 5.32 Å². The van der Waals surface area contributed by atoms with E-state index >= 15 is 0 Å². The van der Waals surface area contributed by atoms with Crippen LogP contribution in [0.5, 0.6) is 0 Å². The minimum atomic E-state index is -0.834. The SMILES string of the molecule is CC(C)C(=O)OCCCOC(=O)NCC1(CC(=O)O)CCCCC1. The van der Waals surface area contributed by atoms with E-state index in [-0.39, 0.29) is 36.9 Å². The molecule has 1 amide bonds. The van der Waals surface area contributed by atoms with E-state index in [2.05, 4.69) is 5.32 Å². The molecule has 0 bridgehead atoms. The Kier molecular flexibility index (Phi) is 8.57. The van der Waals surface area contributed by atoms with Crippen LogP contribution in [0.15, 0.2) is 0 Å². The molecule has 1 aliphatic rings. The van der Waals surface area contributed by atoms with Gasteiger partial charge in [-0.05, 0) is 18.3 Å². The third-order valence-electron chi connectivity index (χ3n) is 4.29. The van der Waals surface area contributed by atoms with Crippen molar-refractivity contribution in [1.82, 2.24) is 5.32 Å². The van der Waals surface area contributed by atoms with Crippen molar-refractivity contribution in [2.45, 2.75) is 58.8 Å². The average molecular weight is 343 g/mol. The second-order valence-corrected chi connectivity index (χ2v) is 6.80. The van der Waals surface area contributed by atoms with Crippen LogP contribution in [0.1, 0.15) is 58.8 Å². The first-order valence-corrected chi connectivity index (χ1v) is 8.64. The van der Waals surface area contributed by atoms with Crippen LogP contribution >= 0.6 is 0 Å². The quantitative estimate of drug-likeness (QED) is 0.493. The maximum absolute atomic E-state index is 11.7. The molecule has 0 aromatic rings. The van der Waals surface area contributed by atoms with Gasteiger partial charge in [-0.25, -0.2) is 4.79 Å². The van der Waals surface area contributed by atoms with Gasteiger partial charge >= 0.3 is 18.0 Å². The second kappa shape index (κ2) is 10.2. The smallest absolute Gasteiger partial charge is 0.407 e. The van der Waals surface area contributed by atoms with Crippen LogP contribution in [0.25, 0.3) is 0 Å². The van der Waals surface area contributed by atoms with Gasteiger partial charge in [-0.2, -0.15) is 0 Å². The fraction of sp³-hybridized carbons (Fsp3) is 0.824. The van der Waals surface area contributed by atoms with E-state index in [4.69, 9.17) is 14.6 Å². The zero-order valence-corrected chi connectivity index (χ0v) is 14.6. The van der Waals surface area contributed by atoms with Crippen molar-refractivity contribution in [3.8, 4) is 0 Å². The zero-order valence-electron chi connectivity index (χ0n) is 14.6. The first-order chi connectivity index (χ1) is 11.3. The molecule has 0 aromatic carbocycles. The molecule has 0 spiro atoms. The van der Waals surface area contributed by atoms with Gasteiger partial charge in [0, 0.05) is 13.0 Å². The molecule has 0 atom stereocenters. The molecule has 0 radical (unpaired) electrons. The molecule has 24 heavy (non-hydrogen) atoms. The molecule has 1 rings (SSSR count). The van der Waals surface area contributed by atoms with Crippen molar-refractivity contribution in [3.05, 3.63) is 0 Å². The van der Waals surface area contributed by atoms with Crippen LogP contribution in [-0.2, 0) is 19.1 Å². The number of hydrogen-bond donors (Lipinski definition) is 2. The van der Waals surface area contributed by atoms with Gasteiger partial charge in [0.1, 0.15) is 0 Å². The minimum absolute atomic E-state index is 0.0679. The number of alkyl carbamates (subject to hydrolysis) is 1. The first kappa shape index (κ1) is 20.3. The number of amides is 1. The number of carbonyl (C=O) groups excluding carboxylic acids is 2. The molecule has 1 aliphatic carbocycles. The van der Waals surface area contributed by atoms with Crippen molar-refractivity contribution in [1.29, 1.82) is 0 Å². The highest BCUT2D eigenvalue weighted by molar-refractivity contribution is 5.71. The maximum atomic E-state index is 11.7. The van der Waals surface area contributed by atoms with Crippen LogP contribution in [0.4, 0.5) is 4.79 Å². The summed E-state index contributed by atoms with van der Waals surface area (Å²) >= 11 is 0. The summed E-state index contributed by atoms with van der Waals surface area (Å²) in [6, 6.07) is 0. The summed E-state index contributed by atoms with van der Waals surface area (Å²) in [6.45, 7) is 4.20. The number of carboxylic acids is 1. The summed E-state index contributed by atoms with van der Waals surface area (Å²) in [7, 11) is 0. The molecule has 138 valence electrons. The van der Waals surface area contributed by atoms with Gasteiger partial charge in [-0.3, -0.25) is 9.59 Å². The van der Waals surface area contributed by atoms with Gasteiger partial charge in [-0.1, -0.05) is 33.1 Å². The lowest BCUT2D eigenvalue weighted by atomic mass is 9.72. The molecule has 0 unspecified atom stereocenters. The highest BCUT2D eigenvalue weighted by atomic mass is 16.6. The standard InChI is InChI=1S/C17H29NO6/c1-13(2)15(21)23-9-6-10-24-16(22)18-12-17(11-14(19)20)7-4-3-5-8-17/h13H,3-12H2,1-2H3,(H,18,22)(H,19,20). The Morgan fingerprint density at radius 1 is 1.08 bits per heavy atom. The summed E-state index contributed by atoms with van der Waals surface area (Å²) < 4.78 is 10.0. The predicted octanol–water partition coefficient (Wildman–Crippen LogP) is 2.73. The Balaban J connectivity index is 2.23. The lowest BCUT2D eigenvalue weighted by Gasteiger charge is -2.36. The average Bonchev–Trinajstić information content (AvgIpc) is 2.52. The van der Waals surface area contributed by atoms with Gasteiger partial charge in [0.2, 0.25) is 0 Å². The van der Waals surface area contributed by atoms with Crippen molar-refractivity contribution in [2.24, 2.45) is 11.3 Å². The molecule has 1 saturated carbocycles. The molecule has 0 aliphatic heterocycles. The van der Waals surface area contributed by atoms with Crippen molar-refractivity contribution < 1.29 is 29.0 Å². The van der Waals surface area contributed by atoms with Gasteiger partial charge in [0.05, 0.1) is 25.6 Å². The Hall–Kier alpha value is -1.79. The fourth-order valence-electron chi connectivity index (χ4n) is 2.91. The number of carboxylic acid groups (broad SMARTS) is 1. The zero-order chi connectivity index (χ0) is 18.0. The summed E-state index contributed by atoms with van der Waals surface area (Å²) in [5.74, 6) is -1.28. The highest BCUT2D eigenvalue weighted by Gasteiger charge is 2.34. The van der Waals surface area contributed by atoms with Crippen LogP contribution in [0.3, 0.4) is 0 Å². The largest absolute Gasteiger partial charge is 0.481 e. The molecule has 0 aromatic heterocycles. The summed E-state index contributed by atoms with van der Waals surface area (Å²) in [5.41, 5.74) is -0.365. The van der Waals surface area contributed by atoms with Crippen molar-refractivity contribution in [2.75, 3.05) is 19.8 Å². The topological polar surface area (TPSA) is 102 Å². The van der Waals surface area contributed by atoms with E-state index in [0.29, 0.717) is 13.0 Å². The molecule has 0 saturated heterocycles. The number of rotatable bonds is 9. The molecule has 2 N–H and O–H groups in total. The molecule has 7 nitrogen and oxygen atoms in total. The Labute approximate surface area is 143 Å². The van der Waals surface area contributed by atoms with Gasteiger partial charge in [0.15, 0.2) is 0 Å². The van der Waals surface area contributed by atoms with E-state index in [0.717, 1.165) is 32.1 Å². The number of carbonyl (C=O) groups is 3. The van der Waals surface area contributed by atoms with E-state index in [9.17, 15) is 14.4 Å². The van der Waals surface area contributed by atoms with E-state index in [1.54, 1.807) is 13.8 Å². The Morgan fingerprint density at radius 2 is 1.71 bits per heavy atom. The highest BCUT2D eigenvalue weighted by Crippen LogP contribution is 2.38. The van der Waals surface area contributed by atoms with Crippen molar-refractivity contribution >= 4 is 18.0 Å². The Bertz CT molecular complexity index is 429. The molecule has 7 heteroatoms. The van der Waals surface area contributed by atoms with E-state index < -0.39 is 12.1 Å². The van der Waals surface area contributed by atoms with Crippen LogP contribution in [0, 0.1) is 11.3 Å².